The molecule has 0 aliphatic heterocycles. The van der Waals surface area contributed by atoms with Crippen LogP contribution in [0.4, 0.5) is 4.39 Å². The van der Waals surface area contributed by atoms with Crippen LogP contribution in [-0.4, -0.2) is 12.2 Å². The molecule has 0 saturated carbocycles. The van der Waals surface area contributed by atoms with Crippen LogP contribution in [0.25, 0.3) is 0 Å². The Bertz CT molecular complexity index is 641. The summed E-state index contributed by atoms with van der Waals surface area (Å²) in [6.45, 7) is 3.88. The summed E-state index contributed by atoms with van der Waals surface area (Å²) in [6.07, 6.45) is -1.03. The van der Waals surface area contributed by atoms with Crippen LogP contribution in [0, 0.1) is 19.7 Å². The minimum atomic E-state index is -1.03. The molecule has 0 aromatic heterocycles. The monoisotopic (exact) mass is 294 g/mol. The third-order valence-electron chi connectivity index (χ3n) is 3.48. The van der Waals surface area contributed by atoms with E-state index < -0.39 is 11.9 Å². The van der Waals surface area contributed by atoms with Crippen LogP contribution < -0.4 is 4.74 Å². The van der Waals surface area contributed by atoms with Gasteiger partial charge < -0.3 is 9.84 Å². The zero-order chi connectivity index (χ0) is 14.9. The van der Waals surface area contributed by atoms with Crippen LogP contribution in [0.3, 0.4) is 0 Å². The molecule has 1 unspecified atom stereocenters. The Morgan fingerprint density at radius 1 is 1.15 bits per heavy atom. The number of hydrogen-bond acceptors (Lipinski definition) is 2. The highest BCUT2D eigenvalue weighted by atomic mass is 35.5. The fraction of sp³-hybridized carbons (Fsp3) is 0.250. The summed E-state index contributed by atoms with van der Waals surface area (Å²) in [4.78, 5) is 0. The number of aryl methyl sites for hydroxylation is 1. The lowest BCUT2D eigenvalue weighted by Gasteiger charge is -2.19. The second-order valence-corrected chi connectivity index (χ2v) is 5.05. The summed E-state index contributed by atoms with van der Waals surface area (Å²) in [5.41, 5.74) is 2.90. The van der Waals surface area contributed by atoms with E-state index in [9.17, 15) is 9.50 Å². The molecule has 0 radical (unpaired) electrons. The molecule has 0 saturated heterocycles. The highest BCUT2D eigenvalue weighted by Crippen LogP contribution is 2.37. The van der Waals surface area contributed by atoms with E-state index in [-0.39, 0.29) is 5.02 Å². The van der Waals surface area contributed by atoms with Crippen LogP contribution in [0.5, 0.6) is 5.75 Å². The van der Waals surface area contributed by atoms with Crippen LogP contribution in [-0.2, 0) is 0 Å². The first kappa shape index (κ1) is 14.8. The molecule has 0 spiro atoms. The number of hydrogen-bond donors (Lipinski definition) is 1. The van der Waals surface area contributed by atoms with Gasteiger partial charge in [0.2, 0.25) is 0 Å². The molecular formula is C16H16ClFO2. The van der Waals surface area contributed by atoms with Gasteiger partial charge in [0.25, 0.3) is 0 Å². The van der Waals surface area contributed by atoms with Crippen molar-refractivity contribution in [1.82, 2.24) is 0 Å². The molecule has 2 aromatic carbocycles. The number of rotatable bonds is 3. The Labute approximate surface area is 122 Å². The number of methoxy groups -OCH3 is 1. The van der Waals surface area contributed by atoms with Crippen LogP contribution >= 0.6 is 11.6 Å². The van der Waals surface area contributed by atoms with Gasteiger partial charge in [0, 0.05) is 11.1 Å². The second-order valence-electron chi connectivity index (χ2n) is 4.68. The van der Waals surface area contributed by atoms with E-state index in [1.165, 1.54) is 12.1 Å². The summed E-state index contributed by atoms with van der Waals surface area (Å²) < 4.78 is 18.9. The minimum absolute atomic E-state index is 0.0692. The van der Waals surface area contributed by atoms with E-state index in [0.717, 1.165) is 11.1 Å². The summed E-state index contributed by atoms with van der Waals surface area (Å²) in [5, 5.41) is 10.4. The van der Waals surface area contributed by atoms with E-state index in [1.807, 2.05) is 19.9 Å². The van der Waals surface area contributed by atoms with Gasteiger partial charge in [0.15, 0.2) is 0 Å². The van der Waals surface area contributed by atoms with Gasteiger partial charge in [-0.3, -0.25) is 0 Å². The Balaban J connectivity index is 2.56. The molecule has 20 heavy (non-hydrogen) atoms. The molecular weight excluding hydrogens is 279 g/mol. The van der Waals surface area contributed by atoms with Crippen molar-refractivity contribution >= 4 is 11.6 Å². The molecule has 0 bridgehead atoms. The predicted octanol–water partition coefficient (Wildman–Crippen LogP) is 4.19. The first-order valence-electron chi connectivity index (χ1n) is 6.23. The number of benzene rings is 2. The average Bonchev–Trinajstić information content (AvgIpc) is 2.44. The number of aliphatic hydroxyl groups excluding tert-OH is 1. The second kappa shape index (κ2) is 5.81. The van der Waals surface area contributed by atoms with Crippen molar-refractivity contribution < 1.29 is 14.2 Å². The number of halogens is 2. The van der Waals surface area contributed by atoms with Gasteiger partial charge in [0.05, 0.1) is 12.1 Å². The van der Waals surface area contributed by atoms with E-state index in [0.29, 0.717) is 16.9 Å². The van der Waals surface area contributed by atoms with Crippen LogP contribution in [0.2, 0.25) is 5.02 Å². The van der Waals surface area contributed by atoms with Crippen molar-refractivity contribution in [2.24, 2.45) is 0 Å². The highest BCUT2D eigenvalue weighted by Gasteiger charge is 2.21. The van der Waals surface area contributed by atoms with Crippen molar-refractivity contribution in [1.29, 1.82) is 0 Å². The predicted molar refractivity (Wildman–Crippen MR) is 77.9 cm³/mol. The van der Waals surface area contributed by atoms with Gasteiger partial charge in [-0.1, -0.05) is 35.9 Å². The SMILES string of the molecule is COc1c(C(O)c2cccc(F)c2Cl)ccc(C)c1C. The Kier molecular flexibility index (Phi) is 4.31. The van der Waals surface area contributed by atoms with Gasteiger partial charge in [-0.15, -0.1) is 0 Å². The van der Waals surface area contributed by atoms with Crippen molar-refractivity contribution in [2.45, 2.75) is 20.0 Å². The van der Waals surface area contributed by atoms with E-state index in [4.69, 9.17) is 16.3 Å². The molecule has 0 fully saturated rings. The van der Waals surface area contributed by atoms with Crippen molar-refractivity contribution in [3.63, 3.8) is 0 Å². The van der Waals surface area contributed by atoms with Gasteiger partial charge in [-0.2, -0.15) is 0 Å². The maximum absolute atomic E-state index is 13.5. The molecule has 2 rings (SSSR count). The highest BCUT2D eigenvalue weighted by molar-refractivity contribution is 6.31. The zero-order valence-corrected chi connectivity index (χ0v) is 12.3. The molecule has 2 aromatic rings. The van der Waals surface area contributed by atoms with Gasteiger partial charge in [-0.25, -0.2) is 4.39 Å². The molecule has 0 amide bonds. The quantitative estimate of drug-likeness (QED) is 0.920. The molecule has 0 aliphatic rings. The zero-order valence-electron chi connectivity index (χ0n) is 11.6. The summed E-state index contributed by atoms with van der Waals surface area (Å²) >= 11 is 5.93. The minimum Gasteiger partial charge on any atom is -0.496 e. The first-order valence-corrected chi connectivity index (χ1v) is 6.61. The smallest absolute Gasteiger partial charge is 0.142 e. The van der Waals surface area contributed by atoms with E-state index in [1.54, 1.807) is 19.2 Å². The standard InChI is InChI=1S/C16H16ClFO2/c1-9-7-8-12(16(20-3)10(9)2)15(19)11-5-4-6-13(18)14(11)17/h4-8,15,19H,1-3H3. The third kappa shape index (κ3) is 2.51. The maximum atomic E-state index is 13.5. The molecule has 1 atom stereocenters. The number of aliphatic hydroxyl groups is 1. The molecule has 1 N–H and O–H groups in total. The molecule has 4 heteroatoms. The maximum Gasteiger partial charge on any atom is 0.142 e. The lowest BCUT2D eigenvalue weighted by molar-refractivity contribution is 0.214. The van der Waals surface area contributed by atoms with Gasteiger partial charge in [-0.05, 0) is 31.0 Å². The van der Waals surface area contributed by atoms with Crippen molar-refractivity contribution in [3.8, 4) is 5.75 Å². The summed E-state index contributed by atoms with van der Waals surface area (Å²) in [5.74, 6) is 0.0452. The Hall–Kier alpha value is -1.58. The van der Waals surface area contributed by atoms with Crippen molar-refractivity contribution in [3.05, 3.63) is 63.4 Å². The van der Waals surface area contributed by atoms with Crippen LogP contribution in [0.1, 0.15) is 28.4 Å². The van der Waals surface area contributed by atoms with E-state index >= 15 is 0 Å². The molecule has 0 heterocycles. The molecule has 2 nitrogen and oxygen atoms in total. The lowest BCUT2D eigenvalue weighted by atomic mass is 9.96. The van der Waals surface area contributed by atoms with E-state index in [2.05, 4.69) is 0 Å². The lowest BCUT2D eigenvalue weighted by Crippen LogP contribution is -2.05. The largest absolute Gasteiger partial charge is 0.496 e. The van der Waals surface area contributed by atoms with Crippen LogP contribution in [0.15, 0.2) is 30.3 Å². The van der Waals surface area contributed by atoms with Crippen molar-refractivity contribution in [2.75, 3.05) is 7.11 Å². The summed E-state index contributed by atoms with van der Waals surface area (Å²) in [6, 6.07) is 8.05. The first-order chi connectivity index (χ1) is 9.47. The normalized spacial score (nSPS) is 12.3. The molecule has 0 aliphatic carbocycles. The topological polar surface area (TPSA) is 29.5 Å². The Morgan fingerprint density at radius 2 is 1.85 bits per heavy atom. The van der Waals surface area contributed by atoms with Gasteiger partial charge >= 0.3 is 0 Å². The third-order valence-corrected chi connectivity index (χ3v) is 3.88. The molecule has 106 valence electrons. The summed E-state index contributed by atoms with van der Waals surface area (Å²) in [7, 11) is 1.55. The van der Waals surface area contributed by atoms with Gasteiger partial charge in [0.1, 0.15) is 17.7 Å². The fourth-order valence-corrected chi connectivity index (χ4v) is 2.43. The Morgan fingerprint density at radius 3 is 2.50 bits per heavy atom. The number of ether oxygens (including phenoxy) is 1. The fourth-order valence-electron chi connectivity index (χ4n) is 2.20. The average molecular weight is 295 g/mol.